The van der Waals surface area contributed by atoms with Gasteiger partial charge < -0.3 is 10.2 Å². The molecule has 0 heterocycles. The second-order valence-corrected chi connectivity index (χ2v) is 8.92. The van der Waals surface area contributed by atoms with E-state index in [2.05, 4.69) is 5.32 Å². The van der Waals surface area contributed by atoms with Crippen LogP contribution in [-0.4, -0.2) is 28.3 Å². The van der Waals surface area contributed by atoms with Crippen LogP contribution in [0, 0.1) is 19.7 Å². The molecule has 0 aliphatic carbocycles. The SMILES string of the molecule is CCC(C(=O)NC(C)(C)C)N(Cc1ccc(F)cc1)C(=O)Cc1cc(C)ccc1C. The summed E-state index contributed by atoms with van der Waals surface area (Å²) in [5.74, 6) is -0.630. The predicted molar refractivity (Wildman–Crippen MR) is 119 cm³/mol. The molecule has 0 spiro atoms. The summed E-state index contributed by atoms with van der Waals surface area (Å²) < 4.78 is 13.3. The fourth-order valence-corrected chi connectivity index (χ4v) is 3.41. The van der Waals surface area contributed by atoms with Crippen molar-refractivity contribution in [2.24, 2.45) is 0 Å². The predicted octanol–water partition coefficient (Wildman–Crippen LogP) is 4.71. The van der Waals surface area contributed by atoms with Gasteiger partial charge in [-0.25, -0.2) is 4.39 Å². The van der Waals surface area contributed by atoms with Crippen molar-refractivity contribution < 1.29 is 14.0 Å². The summed E-state index contributed by atoms with van der Waals surface area (Å²) in [7, 11) is 0. The minimum absolute atomic E-state index is 0.121. The van der Waals surface area contributed by atoms with Crippen molar-refractivity contribution in [3.63, 3.8) is 0 Å². The summed E-state index contributed by atoms with van der Waals surface area (Å²) in [5, 5.41) is 2.99. The van der Waals surface area contributed by atoms with E-state index in [1.165, 1.54) is 12.1 Å². The first-order valence-electron chi connectivity index (χ1n) is 10.4. The summed E-state index contributed by atoms with van der Waals surface area (Å²) in [5.41, 5.74) is 3.47. The van der Waals surface area contributed by atoms with Crippen LogP contribution in [0.15, 0.2) is 42.5 Å². The number of nitrogens with one attached hydrogen (secondary N) is 1. The number of nitrogens with zero attached hydrogens (tertiary/aromatic N) is 1. The first-order valence-corrected chi connectivity index (χ1v) is 10.4. The monoisotopic (exact) mass is 412 g/mol. The summed E-state index contributed by atoms with van der Waals surface area (Å²) in [6.07, 6.45) is 0.704. The van der Waals surface area contributed by atoms with Crippen LogP contribution in [0.1, 0.15) is 56.4 Å². The maximum Gasteiger partial charge on any atom is 0.243 e. The van der Waals surface area contributed by atoms with Crippen molar-refractivity contribution in [1.82, 2.24) is 10.2 Å². The van der Waals surface area contributed by atoms with Gasteiger partial charge in [-0.05, 0) is 69.9 Å². The van der Waals surface area contributed by atoms with E-state index in [0.717, 1.165) is 22.3 Å². The minimum atomic E-state index is -0.605. The molecule has 0 saturated carbocycles. The zero-order valence-corrected chi connectivity index (χ0v) is 18.9. The summed E-state index contributed by atoms with van der Waals surface area (Å²) in [4.78, 5) is 28.0. The normalized spacial score (nSPS) is 12.4. The molecule has 1 unspecified atom stereocenters. The number of amides is 2. The van der Waals surface area contributed by atoms with Gasteiger partial charge in [0.2, 0.25) is 11.8 Å². The van der Waals surface area contributed by atoms with Crippen LogP contribution < -0.4 is 5.32 Å². The van der Waals surface area contributed by atoms with Gasteiger partial charge in [0.05, 0.1) is 6.42 Å². The van der Waals surface area contributed by atoms with Crippen LogP contribution in [0.4, 0.5) is 4.39 Å². The third-order valence-electron chi connectivity index (χ3n) is 5.00. The topological polar surface area (TPSA) is 49.4 Å². The van der Waals surface area contributed by atoms with E-state index in [-0.39, 0.29) is 30.6 Å². The van der Waals surface area contributed by atoms with Gasteiger partial charge in [-0.15, -0.1) is 0 Å². The highest BCUT2D eigenvalue weighted by Crippen LogP contribution is 2.18. The summed E-state index contributed by atoms with van der Waals surface area (Å²) in [6.45, 7) is 11.9. The molecule has 1 N–H and O–H groups in total. The molecule has 0 saturated heterocycles. The van der Waals surface area contributed by atoms with Crippen molar-refractivity contribution in [2.75, 3.05) is 0 Å². The van der Waals surface area contributed by atoms with Gasteiger partial charge in [0.15, 0.2) is 0 Å². The van der Waals surface area contributed by atoms with E-state index in [4.69, 9.17) is 0 Å². The van der Waals surface area contributed by atoms with Crippen LogP contribution >= 0.6 is 0 Å². The molecule has 1 atom stereocenters. The number of hydrogen-bond donors (Lipinski definition) is 1. The van der Waals surface area contributed by atoms with Gasteiger partial charge in [0, 0.05) is 12.1 Å². The number of rotatable bonds is 7. The highest BCUT2D eigenvalue weighted by Gasteiger charge is 2.30. The molecule has 0 aromatic heterocycles. The molecule has 162 valence electrons. The lowest BCUT2D eigenvalue weighted by molar-refractivity contribution is -0.141. The molecule has 4 nitrogen and oxygen atoms in total. The van der Waals surface area contributed by atoms with Crippen molar-refractivity contribution in [3.05, 3.63) is 70.5 Å². The van der Waals surface area contributed by atoms with E-state index in [1.807, 2.05) is 59.7 Å². The van der Waals surface area contributed by atoms with Gasteiger partial charge in [0.1, 0.15) is 11.9 Å². The van der Waals surface area contributed by atoms with Gasteiger partial charge in [0.25, 0.3) is 0 Å². The second-order valence-electron chi connectivity index (χ2n) is 8.92. The van der Waals surface area contributed by atoms with E-state index in [0.29, 0.717) is 6.42 Å². The lowest BCUT2D eigenvalue weighted by atomic mass is 10.0. The number of carbonyl (C=O) groups excluding carboxylic acids is 2. The average Bonchev–Trinajstić information content (AvgIpc) is 2.64. The molecule has 0 radical (unpaired) electrons. The van der Waals surface area contributed by atoms with E-state index < -0.39 is 11.6 Å². The zero-order valence-electron chi connectivity index (χ0n) is 18.9. The standard InChI is InChI=1S/C25H33FN2O2/c1-7-22(24(30)27-25(4,5)6)28(16-19-10-12-21(26)13-11-19)23(29)15-20-14-17(2)8-9-18(20)3/h8-14,22H,7,15-16H2,1-6H3,(H,27,30). The number of carbonyl (C=O) groups is 2. The lowest BCUT2D eigenvalue weighted by Crippen LogP contribution is -2.53. The Balaban J connectivity index is 2.35. The number of benzene rings is 2. The van der Waals surface area contributed by atoms with Crippen LogP contribution in [0.2, 0.25) is 0 Å². The smallest absolute Gasteiger partial charge is 0.243 e. The Morgan fingerprint density at radius 2 is 1.70 bits per heavy atom. The molecule has 0 bridgehead atoms. The van der Waals surface area contributed by atoms with Gasteiger partial charge in [-0.2, -0.15) is 0 Å². The van der Waals surface area contributed by atoms with Gasteiger partial charge in [-0.3, -0.25) is 9.59 Å². The Kier molecular flexibility index (Phi) is 7.77. The third-order valence-corrected chi connectivity index (χ3v) is 5.00. The fourth-order valence-electron chi connectivity index (χ4n) is 3.41. The Bertz CT molecular complexity index is 885. The number of halogens is 1. The molecule has 0 aliphatic rings. The Hall–Kier alpha value is -2.69. The van der Waals surface area contributed by atoms with Crippen LogP contribution in [-0.2, 0) is 22.6 Å². The lowest BCUT2D eigenvalue weighted by Gasteiger charge is -2.33. The highest BCUT2D eigenvalue weighted by molar-refractivity contribution is 5.89. The molecular formula is C25H33FN2O2. The maximum absolute atomic E-state index is 13.4. The van der Waals surface area contributed by atoms with Crippen molar-refractivity contribution in [1.29, 1.82) is 0 Å². The van der Waals surface area contributed by atoms with Crippen LogP contribution in [0.5, 0.6) is 0 Å². The largest absolute Gasteiger partial charge is 0.350 e. The summed E-state index contributed by atoms with van der Waals surface area (Å²) >= 11 is 0. The van der Waals surface area contributed by atoms with Gasteiger partial charge >= 0.3 is 0 Å². The molecule has 30 heavy (non-hydrogen) atoms. The fraction of sp³-hybridized carbons (Fsp3) is 0.440. The molecular weight excluding hydrogens is 379 g/mol. The van der Waals surface area contributed by atoms with Crippen LogP contribution in [0.3, 0.4) is 0 Å². The van der Waals surface area contributed by atoms with E-state index in [1.54, 1.807) is 17.0 Å². The Labute approximate surface area is 179 Å². The van der Waals surface area contributed by atoms with Gasteiger partial charge in [-0.1, -0.05) is 42.8 Å². The second kappa shape index (κ2) is 9.88. The molecule has 2 amide bonds. The first kappa shape index (κ1) is 23.6. The molecule has 5 heteroatoms. The zero-order chi connectivity index (χ0) is 22.5. The Morgan fingerprint density at radius 3 is 2.27 bits per heavy atom. The van der Waals surface area contributed by atoms with E-state index in [9.17, 15) is 14.0 Å². The van der Waals surface area contributed by atoms with Crippen LogP contribution in [0.25, 0.3) is 0 Å². The highest BCUT2D eigenvalue weighted by atomic mass is 19.1. The third kappa shape index (κ3) is 6.68. The molecule has 2 aromatic rings. The van der Waals surface area contributed by atoms with Crippen molar-refractivity contribution in [2.45, 2.75) is 72.5 Å². The number of hydrogen-bond acceptors (Lipinski definition) is 2. The van der Waals surface area contributed by atoms with Crippen molar-refractivity contribution in [3.8, 4) is 0 Å². The van der Waals surface area contributed by atoms with Crippen molar-refractivity contribution >= 4 is 11.8 Å². The first-order chi connectivity index (χ1) is 14.0. The summed E-state index contributed by atoms with van der Waals surface area (Å²) in [6, 6.07) is 11.5. The minimum Gasteiger partial charge on any atom is -0.350 e. The average molecular weight is 413 g/mol. The quantitative estimate of drug-likeness (QED) is 0.716. The molecule has 0 fully saturated rings. The Morgan fingerprint density at radius 1 is 1.07 bits per heavy atom. The van der Waals surface area contributed by atoms with E-state index >= 15 is 0 Å². The number of aryl methyl sites for hydroxylation is 2. The molecule has 0 aliphatic heterocycles. The molecule has 2 rings (SSSR count). The maximum atomic E-state index is 13.4. The molecule has 2 aromatic carbocycles.